The first kappa shape index (κ1) is 16.3. The number of carbonyl (C=O) groups is 1. The minimum absolute atomic E-state index is 0.0207. The van der Waals surface area contributed by atoms with Gasteiger partial charge < -0.3 is 5.32 Å². The molecule has 3 aromatic heterocycles. The molecular formula is C16H18N6OS. The van der Waals surface area contributed by atoms with Gasteiger partial charge in [-0.15, -0.1) is 11.3 Å². The molecule has 1 amide bonds. The second-order valence-corrected chi connectivity index (χ2v) is 6.24. The average Bonchev–Trinajstić information content (AvgIpc) is 3.27. The molecule has 8 heteroatoms. The van der Waals surface area contributed by atoms with Crippen LogP contribution in [0, 0.1) is 5.92 Å². The zero-order valence-corrected chi connectivity index (χ0v) is 14.1. The van der Waals surface area contributed by atoms with E-state index in [0.717, 1.165) is 10.7 Å². The van der Waals surface area contributed by atoms with Gasteiger partial charge in [0.05, 0.1) is 18.2 Å². The maximum Gasteiger partial charge on any atom is 0.224 e. The van der Waals surface area contributed by atoms with Crippen LogP contribution >= 0.6 is 11.3 Å². The van der Waals surface area contributed by atoms with Crippen LogP contribution < -0.4 is 5.32 Å². The minimum Gasteiger partial charge on any atom is -0.355 e. The van der Waals surface area contributed by atoms with E-state index in [9.17, 15) is 4.79 Å². The van der Waals surface area contributed by atoms with Crippen molar-refractivity contribution < 1.29 is 4.79 Å². The molecule has 0 saturated carbocycles. The maximum atomic E-state index is 12.1. The summed E-state index contributed by atoms with van der Waals surface area (Å²) in [4.78, 5) is 25.0. The fourth-order valence-electron chi connectivity index (χ4n) is 2.19. The summed E-state index contributed by atoms with van der Waals surface area (Å²) >= 11 is 1.51. The molecule has 0 fully saturated rings. The van der Waals surface area contributed by atoms with Crippen LogP contribution in [0.2, 0.25) is 0 Å². The van der Waals surface area contributed by atoms with Crippen molar-refractivity contribution in [1.82, 2.24) is 30.0 Å². The molecule has 0 aliphatic rings. The molecule has 3 heterocycles. The van der Waals surface area contributed by atoms with Crippen LogP contribution in [0.3, 0.4) is 0 Å². The van der Waals surface area contributed by atoms with Crippen molar-refractivity contribution in [3.8, 4) is 10.8 Å². The smallest absolute Gasteiger partial charge is 0.224 e. The Kier molecular flexibility index (Phi) is 5.27. The standard InChI is InChI=1S/C16H18N6OS/c1-12(10-22-9-3-7-20-22)15(23)19-8-4-13-11-24-16(21-13)14-17-5-2-6-18-14/h2-3,5-7,9,11-12H,4,8,10H2,1H3,(H,19,23). The van der Waals surface area contributed by atoms with Crippen molar-refractivity contribution in [1.29, 1.82) is 0 Å². The molecule has 124 valence electrons. The van der Waals surface area contributed by atoms with Gasteiger partial charge in [0.1, 0.15) is 0 Å². The Morgan fingerprint density at radius 2 is 2.12 bits per heavy atom. The second kappa shape index (κ2) is 7.78. The quantitative estimate of drug-likeness (QED) is 0.707. The molecule has 1 atom stereocenters. The molecule has 0 saturated heterocycles. The van der Waals surface area contributed by atoms with Gasteiger partial charge in [-0.3, -0.25) is 9.48 Å². The lowest BCUT2D eigenvalue weighted by molar-refractivity contribution is -0.124. The first-order valence-corrected chi connectivity index (χ1v) is 8.57. The van der Waals surface area contributed by atoms with Crippen molar-refractivity contribution in [2.75, 3.05) is 6.54 Å². The van der Waals surface area contributed by atoms with Crippen LogP contribution in [0.15, 0.2) is 42.3 Å². The normalized spacial score (nSPS) is 12.0. The molecular weight excluding hydrogens is 324 g/mol. The van der Waals surface area contributed by atoms with E-state index in [4.69, 9.17) is 0 Å². The van der Waals surface area contributed by atoms with Gasteiger partial charge >= 0.3 is 0 Å². The lowest BCUT2D eigenvalue weighted by Gasteiger charge is -2.11. The van der Waals surface area contributed by atoms with Crippen molar-refractivity contribution in [3.05, 3.63) is 48.0 Å². The first-order chi connectivity index (χ1) is 11.7. The third-order valence-corrected chi connectivity index (χ3v) is 4.34. The van der Waals surface area contributed by atoms with Gasteiger partial charge in [0.15, 0.2) is 10.8 Å². The largest absolute Gasteiger partial charge is 0.355 e. The Morgan fingerprint density at radius 1 is 1.29 bits per heavy atom. The predicted molar refractivity (Wildman–Crippen MR) is 91.2 cm³/mol. The molecule has 3 rings (SSSR count). The second-order valence-electron chi connectivity index (χ2n) is 5.39. The van der Waals surface area contributed by atoms with E-state index in [1.807, 2.05) is 24.6 Å². The Bertz CT molecular complexity index is 771. The Balaban J connectivity index is 1.46. The number of thiazole rings is 1. The Morgan fingerprint density at radius 3 is 2.88 bits per heavy atom. The molecule has 0 aliphatic carbocycles. The van der Waals surface area contributed by atoms with E-state index < -0.39 is 0 Å². The molecule has 7 nitrogen and oxygen atoms in total. The van der Waals surface area contributed by atoms with Crippen molar-refractivity contribution >= 4 is 17.2 Å². The van der Waals surface area contributed by atoms with E-state index in [-0.39, 0.29) is 11.8 Å². The Labute approximate surface area is 143 Å². The zero-order chi connectivity index (χ0) is 16.8. The number of nitrogens with zero attached hydrogens (tertiary/aromatic N) is 5. The molecule has 24 heavy (non-hydrogen) atoms. The lowest BCUT2D eigenvalue weighted by atomic mass is 10.1. The zero-order valence-electron chi connectivity index (χ0n) is 13.3. The monoisotopic (exact) mass is 342 g/mol. The van der Waals surface area contributed by atoms with E-state index in [0.29, 0.717) is 25.3 Å². The highest BCUT2D eigenvalue weighted by Crippen LogP contribution is 2.19. The molecule has 3 aromatic rings. The van der Waals surface area contributed by atoms with Crippen LogP contribution in [0.25, 0.3) is 10.8 Å². The number of carbonyl (C=O) groups excluding carboxylic acids is 1. The summed E-state index contributed by atoms with van der Waals surface area (Å²) in [6, 6.07) is 3.62. The molecule has 0 radical (unpaired) electrons. The van der Waals surface area contributed by atoms with Gasteiger partial charge in [0.25, 0.3) is 0 Å². The highest BCUT2D eigenvalue weighted by Gasteiger charge is 2.13. The SMILES string of the molecule is CC(Cn1cccn1)C(=O)NCCc1csc(-c2ncccn2)n1. The summed E-state index contributed by atoms with van der Waals surface area (Å²) in [6.45, 7) is 3.02. The van der Waals surface area contributed by atoms with Crippen LogP contribution in [0.1, 0.15) is 12.6 Å². The highest BCUT2D eigenvalue weighted by molar-refractivity contribution is 7.13. The van der Waals surface area contributed by atoms with Gasteiger partial charge in [-0.2, -0.15) is 5.10 Å². The minimum atomic E-state index is -0.131. The first-order valence-electron chi connectivity index (χ1n) is 7.69. The number of rotatable bonds is 7. The third-order valence-electron chi connectivity index (χ3n) is 3.46. The number of hydrogen-bond donors (Lipinski definition) is 1. The third kappa shape index (κ3) is 4.23. The van der Waals surface area contributed by atoms with Crippen LogP contribution in [0.4, 0.5) is 0 Å². The fraction of sp³-hybridized carbons (Fsp3) is 0.312. The number of aromatic nitrogens is 5. The van der Waals surface area contributed by atoms with Gasteiger partial charge in [-0.1, -0.05) is 6.92 Å². The predicted octanol–water partition coefficient (Wildman–Crippen LogP) is 1.79. The summed E-state index contributed by atoms with van der Waals surface area (Å²) in [5.41, 5.74) is 0.933. The number of hydrogen-bond acceptors (Lipinski definition) is 6. The lowest BCUT2D eigenvalue weighted by Crippen LogP contribution is -2.33. The van der Waals surface area contributed by atoms with E-state index in [1.165, 1.54) is 11.3 Å². The van der Waals surface area contributed by atoms with Gasteiger partial charge in [0.2, 0.25) is 5.91 Å². The van der Waals surface area contributed by atoms with E-state index >= 15 is 0 Å². The summed E-state index contributed by atoms with van der Waals surface area (Å²) in [5, 5.41) is 9.83. The maximum absolute atomic E-state index is 12.1. The number of nitrogens with one attached hydrogen (secondary N) is 1. The average molecular weight is 342 g/mol. The van der Waals surface area contributed by atoms with Crippen molar-refractivity contribution in [2.24, 2.45) is 5.92 Å². The summed E-state index contributed by atoms with van der Waals surface area (Å²) < 4.78 is 1.76. The van der Waals surface area contributed by atoms with E-state index in [1.54, 1.807) is 29.3 Å². The fourth-order valence-corrected chi connectivity index (χ4v) is 2.99. The van der Waals surface area contributed by atoms with Crippen LogP contribution in [-0.2, 0) is 17.8 Å². The highest BCUT2D eigenvalue weighted by atomic mass is 32.1. The molecule has 1 unspecified atom stereocenters. The van der Waals surface area contributed by atoms with Crippen LogP contribution in [-0.4, -0.2) is 37.2 Å². The summed E-state index contributed by atoms with van der Waals surface area (Å²) in [5.74, 6) is 0.520. The van der Waals surface area contributed by atoms with Gasteiger partial charge in [-0.05, 0) is 12.1 Å². The van der Waals surface area contributed by atoms with Gasteiger partial charge in [-0.25, -0.2) is 15.0 Å². The number of amides is 1. The molecule has 0 aliphatic heterocycles. The molecule has 0 bridgehead atoms. The molecule has 0 aromatic carbocycles. The molecule has 0 spiro atoms. The van der Waals surface area contributed by atoms with Crippen LogP contribution in [0.5, 0.6) is 0 Å². The summed E-state index contributed by atoms with van der Waals surface area (Å²) in [6.07, 6.45) is 7.64. The molecule has 1 N–H and O–H groups in total. The Hall–Kier alpha value is -2.61. The topological polar surface area (TPSA) is 85.6 Å². The van der Waals surface area contributed by atoms with Crippen molar-refractivity contribution in [3.63, 3.8) is 0 Å². The van der Waals surface area contributed by atoms with Crippen molar-refractivity contribution in [2.45, 2.75) is 19.9 Å². The van der Waals surface area contributed by atoms with E-state index in [2.05, 4.69) is 25.4 Å². The summed E-state index contributed by atoms with van der Waals surface area (Å²) in [7, 11) is 0. The van der Waals surface area contributed by atoms with Gasteiger partial charge in [0, 0.05) is 43.1 Å².